The van der Waals surface area contributed by atoms with Gasteiger partial charge < -0.3 is 9.52 Å². The Labute approximate surface area is 138 Å². The van der Waals surface area contributed by atoms with Gasteiger partial charge in [0.15, 0.2) is 11.5 Å². The first-order chi connectivity index (χ1) is 10.7. The number of rotatable bonds is 5. The van der Waals surface area contributed by atoms with Gasteiger partial charge in [-0.1, -0.05) is 41.4 Å². The lowest BCUT2D eigenvalue weighted by molar-refractivity contribution is 0.288. The SMILES string of the molecule is OCCCc1cc(Cl)cc2nc(Cc3ccccc3Cl)oc12. The van der Waals surface area contributed by atoms with Crippen LogP contribution in [-0.2, 0) is 12.8 Å². The molecule has 0 aliphatic rings. The molecule has 22 heavy (non-hydrogen) atoms. The molecule has 0 fully saturated rings. The lowest BCUT2D eigenvalue weighted by Crippen LogP contribution is -1.90. The average Bonchev–Trinajstić information content (AvgIpc) is 2.89. The smallest absolute Gasteiger partial charge is 0.199 e. The van der Waals surface area contributed by atoms with Crippen LogP contribution in [-0.4, -0.2) is 16.7 Å². The number of hydrogen-bond acceptors (Lipinski definition) is 3. The Morgan fingerprint density at radius 2 is 1.91 bits per heavy atom. The molecule has 1 heterocycles. The molecule has 3 aromatic rings. The molecule has 0 amide bonds. The molecule has 114 valence electrons. The number of aliphatic hydroxyl groups excluding tert-OH is 1. The number of nitrogens with zero attached hydrogens (tertiary/aromatic N) is 1. The highest BCUT2D eigenvalue weighted by Crippen LogP contribution is 2.27. The van der Waals surface area contributed by atoms with Gasteiger partial charge in [-0.25, -0.2) is 4.98 Å². The number of fused-ring (bicyclic) bond motifs is 1. The Bertz CT molecular complexity index is 798. The van der Waals surface area contributed by atoms with Crippen LogP contribution in [0.5, 0.6) is 0 Å². The minimum atomic E-state index is 0.134. The maximum Gasteiger partial charge on any atom is 0.199 e. The third-order valence-corrected chi connectivity index (χ3v) is 4.07. The van der Waals surface area contributed by atoms with Crippen LogP contribution in [0.4, 0.5) is 0 Å². The van der Waals surface area contributed by atoms with Crippen molar-refractivity contribution in [3.8, 4) is 0 Å². The van der Waals surface area contributed by atoms with Crippen molar-refractivity contribution in [1.82, 2.24) is 4.98 Å². The lowest BCUT2D eigenvalue weighted by Gasteiger charge is -2.01. The third-order valence-electron chi connectivity index (χ3n) is 3.48. The van der Waals surface area contributed by atoms with Crippen LogP contribution in [0.25, 0.3) is 11.1 Å². The summed E-state index contributed by atoms with van der Waals surface area (Å²) in [6.45, 7) is 0.134. The fourth-order valence-corrected chi connectivity index (χ4v) is 2.88. The standard InChI is InChI=1S/C17H15Cl2NO2/c18-13-8-12(5-3-7-21)17-15(10-13)20-16(22-17)9-11-4-1-2-6-14(11)19/h1-2,4,6,8,10,21H,3,5,7,9H2. The molecular weight excluding hydrogens is 321 g/mol. The number of oxazole rings is 1. The Kier molecular flexibility index (Phi) is 4.67. The minimum Gasteiger partial charge on any atom is -0.440 e. The molecule has 0 unspecified atom stereocenters. The first-order valence-electron chi connectivity index (χ1n) is 7.09. The highest BCUT2D eigenvalue weighted by Gasteiger charge is 2.13. The van der Waals surface area contributed by atoms with E-state index in [2.05, 4.69) is 4.98 Å². The van der Waals surface area contributed by atoms with E-state index in [1.807, 2.05) is 30.3 Å². The third kappa shape index (κ3) is 3.27. The topological polar surface area (TPSA) is 46.3 Å². The first kappa shape index (κ1) is 15.3. The van der Waals surface area contributed by atoms with Crippen molar-refractivity contribution in [2.45, 2.75) is 19.3 Å². The summed E-state index contributed by atoms with van der Waals surface area (Å²) in [6.07, 6.45) is 1.90. The van der Waals surface area contributed by atoms with Gasteiger partial charge in [0.1, 0.15) is 5.52 Å². The van der Waals surface area contributed by atoms with Crippen LogP contribution in [0, 0.1) is 0 Å². The molecule has 0 atom stereocenters. The van der Waals surface area contributed by atoms with Crippen molar-refractivity contribution in [2.24, 2.45) is 0 Å². The molecule has 0 saturated carbocycles. The van der Waals surface area contributed by atoms with Gasteiger partial charge in [0.05, 0.1) is 6.42 Å². The van der Waals surface area contributed by atoms with E-state index in [9.17, 15) is 0 Å². The van der Waals surface area contributed by atoms with Gasteiger partial charge in [-0.05, 0) is 42.2 Å². The Morgan fingerprint density at radius 3 is 2.68 bits per heavy atom. The van der Waals surface area contributed by atoms with Gasteiger partial charge in [0.2, 0.25) is 0 Å². The largest absolute Gasteiger partial charge is 0.440 e. The monoisotopic (exact) mass is 335 g/mol. The fourth-order valence-electron chi connectivity index (χ4n) is 2.45. The highest BCUT2D eigenvalue weighted by molar-refractivity contribution is 6.31. The molecule has 1 aromatic heterocycles. The summed E-state index contributed by atoms with van der Waals surface area (Å²) in [7, 11) is 0. The molecular formula is C17H15Cl2NO2. The van der Waals surface area contributed by atoms with Gasteiger partial charge in [-0.15, -0.1) is 0 Å². The van der Waals surface area contributed by atoms with E-state index in [1.54, 1.807) is 6.07 Å². The normalized spacial score (nSPS) is 11.2. The summed E-state index contributed by atoms with van der Waals surface area (Å²) in [6, 6.07) is 11.3. The zero-order valence-corrected chi connectivity index (χ0v) is 13.4. The zero-order chi connectivity index (χ0) is 15.5. The van der Waals surface area contributed by atoms with E-state index in [4.69, 9.17) is 32.7 Å². The average molecular weight is 336 g/mol. The summed E-state index contributed by atoms with van der Waals surface area (Å²) in [5, 5.41) is 10.3. The second-order valence-corrected chi connectivity index (χ2v) is 5.96. The molecule has 0 aliphatic carbocycles. The molecule has 2 aromatic carbocycles. The van der Waals surface area contributed by atoms with Crippen molar-refractivity contribution in [2.75, 3.05) is 6.61 Å². The molecule has 1 N–H and O–H groups in total. The molecule has 0 spiro atoms. The molecule has 0 aliphatic heterocycles. The summed E-state index contributed by atoms with van der Waals surface area (Å²) in [5.74, 6) is 0.607. The Balaban J connectivity index is 1.97. The zero-order valence-electron chi connectivity index (χ0n) is 11.9. The Morgan fingerprint density at radius 1 is 1.09 bits per heavy atom. The van der Waals surface area contributed by atoms with Crippen molar-refractivity contribution in [3.05, 3.63) is 63.5 Å². The van der Waals surface area contributed by atoms with Crippen LogP contribution in [0.2, 0.25) is 10.0 Å². The van der Waals surface area contributed by atoms with Crippen molar-refractivity contribution in [1.29, 1.82) is 0 Å². The van der Waals surface area contributed by atoms with Gasteiger partial charge in [0, 0.05) is 16.7 Å². The predicted octanol–water partition coefficient (Wildman–Crippen LogP) is 4.65. The van der Waals surface area contributed by atoms with E-state index >= 15 is 0 Å². The van der Waals surface area contributed by atoms with E-state index in [-0.39, 0.29) is 6.61 Å². The minimum absolute atomic E-state index is 0.134. The van der Waals surface area contributed by atoms with E-state index in [1.165, 1.54) is 0 Å². The molecule has 3 rings (SSSR count). The first-order valence-corrected chi connectivity index (χ1v) is 7.85. The van der Waals surface area contributed by atoms with Crippen LogP contribution in [0.3, 0.4) is 0 Å². The van der Waals surface area contributed by atoms with Crippen LogP contribution >= 0.6 is 23.2 Å². The van der Waals surface area contributed by atoms with Crippen molar-refractivity contribution >= 4 is 34.3 Å². The molecule has 3 nitrogen and oxygen atoms in total. The number of halogens is 2. The molecule has 0 radical (unpaired) electrons. The van der Waals surface area contributed by atoms with Crippen molar-refractivity contribution < 1.29 is 9.52 Å². The molecule has 5 heteroatoms. The predicted molar refractivity (Wildman–Crippen MR) is 88.7 cm³/mol. The lowest BCUT2D eigenvalue weighted by atomic mass is 10.1. The number of aliphatic hydroxyl groups is 1. The number of hydrogen-bond donors (Lipinski definition) is 1. The number of aromatic nitrogens is 1. The second-order valence-electron chi connectivity index (χ2n) is 5.12. The van der Waals surface area contributed by atoms with E-state index < -0.39 is 0 Å². The Hall–Kier alpha value is -1.55. The highest BCUT2D eigenvalue weighted by atomic mass is 35.5. The number of aryl methyl sites for hydroxylation is 1. The van der Waals surface area contributed by atoms with Crippen LogP contribution in [0.1, 0.15) is 23.4 Å². The second kappa shape index (κ2) is 6.69. The maximum absolute atomic E-state index is 9.01. The van der Waals surface area contributed by atoms with E-state index in [0.717, 1.165) is 22.2 Å². The fraction of sp³-hybridized carbons (Fsp3) is 0.235. The summed E-state index contributed by atoms with van der Waals surface area (Å²) in [5.41, 5.74) is 3.41. The van der Waals surface area contributed by atoms with E-state index in [0.29, 0.717) is 35.2 Å². The molecule has 0 bridgehead atoms. The molecule has 0 saturated heterocycles. The van der Waals surface area contributed by atoms with Crippen LogP contribution in [0.15, 0.2) is 40.8 Å². The summed E-state index contributed by atoms with van der Waals surface area (Å²) in [4.78, 5) is 4.51. The number of benzene rings is 2. The van der Waals surface area contributed by atoms with Gasteiger partial charge in [-0.3, -0.25) is 0 Å². The van der Waals surface area contributed by atoms with Crippen LogP contribution < -0.4 is 0 Å². The summed E-state index contributed by atoms with van der Waals surface area (Å²) >= 11 is 12.3. The van der Waals surface area contributed by atoms with Gasteiger partial charge in [-0.2, -0.15) is 0 Å². The quantitative estimate of drug-likeness (QED) is 0.738. The van der Waals surface area contributed by atoms with Gasteiger partial charge in [0.25, 0.3) is 0 Å². The summed E-state index contributed by atoms with van der Waals surface area (Å²) < 4.78 is 5.90. The maximum atomic E-state index is 9.01. The van der Waals surface area contributed by atoms with Crippen molar-refractivity contribution in [3.63, 3.8) is 0 Å². The van der Waals surface area contributed by atoms with Gasteiger partial charge >= 0.3 is 0 Å².